The van der Waals surface area contributed by atoms with Crippen LogP contribution in [-0.2, 0) is 6.42 Å². The number of benzene rings is 1. The molecule has 0 radical (unpaired) electrons. The van der Waals surface area contributed by atoms with E-state index >= 15 is 0 Å². The van der Waals surface area contributed by atoms with Gasteiger partial charge in [-0.05, 0) is 62.2 Å². The molecule has 1 aliphatic rings. The Bertz CT molecular complexity index is 631. The van der Waals surface area contributed by atoms with E-state index < -0.39 is 0 Å². The number of piperidine rings is 1. The van der Waals surface area contributed by atoms with E-state index in [2.05, 4.69) is 9.88 Å². The predicted octanol–water partition coefficient (Wildman–Crippen LogP) is 5.10. The Morgan fingerprint density at radius 1 is 1.12 bits per heavy atom. The number of pyridine rings is 1. The SMILES string of the molecule is Cl.Fc1ccc(CCN2CCC(Sc3cccc(Cl)n3)CC2)cc1. The quantitative estimate of drug-likeness (QED) is 0.665. The molecule has 24 heavy (non-hydrogen) atoms. The Kier molecular flexibility index (Phi) is 7.82. The van der Waals surface area contributed by atoms with Crippen molar-refractivity contribution in [3.05, 3.63) is 59.0 Å². The molecule has 0 aliphatic carbocycles. The largest absolute Gasteiger partial charge is 0.303 e. The molecule has 1 saturated heterocycles. The average Bonchev–Trinajstić information content (AvgIpc) is 2.56. The van der Waals surface area contributed by atoms with Crippen molar-refractivity contribution in [2.45, 2.75) is 29.5 Å². The van der Waals surface area contributed by atoms with Gasteiger partial charge in [-0.3, -0.25) is 0 Å². The van der Waals surface area contributed by atoms with Gasteiger partial charge in [-0.15, -0.1) is 24.2 Å². The fourth-order valence-corrected chi connectivity index (χ4v) is 4.13. The Morgan fingerprint density at radius 3 is 2.50 bits per heavy atom. The molecule has 1 fully saturated rings. The van der Waals surface area contributed by atoms with Crippen LogP contribution in [0, 0.1) is 5.82 Å². The Balaban J connectivity index is 0.00000208. The summed E-state index contributed by atoms with van der Waals surface area (Å²) in [6.45, 7) is 3.26. The van der Waals surface area contributed by atoms with E-state index in [0.29, 0.717) is 10.4 Å². The number of hydrogen-bond donors (Lipinski definition) is 0. The van der Waals surface area contributed by atoms with Crippen LogP contribution in [0.4, 0.5) is 4.39 Å². The molecule has 0 atom stereocenters. The van der Waals surface area contributed by atoms with Crippen LogP contribution < -0.4 is 0 Å². The second-order valence-electron chi connectivity index (χ2n) is 5.83. The topological polar surface area (TPSA) is 16.1 Å². The van der Waals surface area contributed by atoms with E-state index in [1.54, 1.807) is 0 Å². The van der Waals surface area contributed by atoms with E-state index in [9.17, 15) is 4.39 Å². The van der Waals surface area contributed by atoms with Crippen LogP contribution in [0.3, 0.4) is 0 Å². The zero-order valence-corrected chi connectivity index (χ0v) is 15.7. The van der Waals surface area contributed by atoms with Crippen LogP contribution in [0.15, 0.2) is 47.5 Å². The van der Waals surface area contributed by atoms with Gasteiger partial charge in [0.2, 0.25) is 0 Å². The molecule has 2 nitrogen and oxygen atoms in total. The number of nitrogens with zero attached hydrogens (tertiary/aromatic N) is 2. The maximum Gasteiger partial charge on any atom is 0.130 e. The van der Waals surface area contributed by atoms with Gasteiger partial charge >= 0.3 is 0 Å². The summed E-state index contributed by atoms with van der Waals surface area (Å²) in [6.07, 6.45) is 3.32. The lowest BCUT2D eigenvalue weighted by molar-refractivity contribution is 0.235. The third kappa shape index (κ3) is 5.92. The third-order valence-electron chi connectivity index (χ3n) is 4.14. The van der Waals surface area contributed by atoms with Crippen molar-refractivity contribution < 1.29 is 4.39 Å². The highest BCUT2D eigenvalue weighted by Crippen LogP contribution is 2.29. The van der Waals surface area contributed by atoms with Gasteiger partial charge in [0, 0.05) is 11.8 Å². The summed E-state index contributed by atoms with van der Waals surface area (Å²) in [5.74, 6) is -0.166. The molecule has 2 aromatic rings. The van der Waals surface area contributed by atoms with Crippen molar-refractivity contribution >= 4 is 35.8 Å². The first-order valence-electron chi connectivity index (χ1n) is 7.95. The van der Waals surface area contributed by atoms with Crippen molar-refractivity contribution in [1.29, 1.82) is 0 Å². The predicted molar refractivity (Wildman–Crippen MR) is 102 cm³/mol. The highest BCUT2D eigenvalue weighted by molar-refractivity contribution is 7.99. The van der Waals surface area contributed by atoms with Crippen LogP contribution in [-0.4, -0.2) is 34.8 Å². The van der Waals surface area contributed by atoms with Crippen molar-refractivity contribution in [3.63, 3.8) is 0 Å². The average molecular weight is 387 g/mol. The maximum absolute atomic E-state index is 12.9. The summed E-state index contributed by atoms with van der Waals surface area (Å²) < 4.78 is 12.9. The van der Waals surface area contributed by atoms with Gasteiger partial charge in [-0.2, -0.15) is 0 Å². The first-order valence-corrected chi connectivity index (χ1v) is 9.21. The lowest BCUT2D eigenvalue weighted by Crippen LogP contribution is -2.36. The van der Waals surface area contributed by atoms with Crippen molar-refractivity contribution in [3.8, 4) is 0 Å². The van der Waals surface area contributed by atoms with Crippen LogP contribution in [0.25, 0.3) is 0 Å². The van der Waals surface area contributed by atoms with E-state index in [0.717, 1.165) is 31.1 Å². The third-order valence-corrected chi connectivity index (χ3v) is 5.63. The van der Waals surface area contributed by atoms with Crippen LogP contribution in [0.5, 0.6) is 0 Å². The summed E-state index contributed by atoms with van der Waals surface area (Å²) in [6, 6.07) is 12.6. The van der Waals surface area contributed by atoms with E-state index in [1.165, 1.54) is 30.5 Å². The molecule has 0 amide bonds. The molecule has 6 heteroatoms. The number of hydrogen-bond acceptors (Lipinski definition) is 3. The standard InChI is InChI=1S/C18H20ClFN2S.ClH/c19-17-2-1-3-18(21-17)23-16-9-12-22(13-10-16)11-8-14-4-6-15(20)7-5-14;/h1-7,16H,8-13H2;1H. The summed E-state index contributed by atoms with van der Waals surface area (Å²) in [5.41, 5.74) is 1.20. The summed E-state index contributed by atoms with van der Waals surface area (Å²) in [5, 5.41) is 2.19. The molecule has 0 N–H and O–H groups in total. The monoisotopic (exact) mass is 386 g/mol. The minimum absolute atomic E-state index is 0. The zero-order chi connectivity index (χ0) is 16.1. The summed E-state index contributed by atoms with van der Waals surface area (Å²) in [7, 11) is 0. The zero-order valence-electron chi connectivity index (χ0n) is 13.3. The molecular weight excluding hydrogens is 366 g/mol. The number of thioether (sulfide) groups is 1. The van der Waals surface area contributed by atoms with E-state index in [1.807, 2.05) is 42.1 Å². The Hall–Kier alpha value is -0.810. The molecule has 0 bridgehead atoms. The second kappa shape index (κ2) is 9.62. The number of aromatic nitrogens is 1. The van der Waals surface area contributed by atoms with E-state index in [-0.39, 0.29) is 18.2 Å². The minimum Gasteiger partial charge on any atom is -0.303 e. The molecule has 0 saturated carbocycles. The summed E-state index contributed by atoms with van der Waals surface area (Å²) >= 11 is 7.77. The molecular formula is C18H21Cl2FN2S. The first kappa shape index (κ1) is 19.5. The highest BCUT2D eigenvalue weighted by Gasteiger charge is 2.20. The van der Waals surface area contributed by atoms with E-state index in [4.69, 9.17) is 11.6 Å². The molecule has 0 unspecified atom stereocenters. The van der Waals surface area contributed by atoms with Crippen LogP contribution in [0.2, 0.25) is 5.15 Å². The van der Waals surface area contributed by atoms with Gasteiger partial charge < -0.3 is 4.90 Å². The Labute approximate surface area is 158 Å². The van der Waals surface area contributed by atoms with Crippen LogP contribution in [0.1, 0.15) is 18.4 Å². The lowest BCUT2D eigenvalue weighted by atomic mass is 10.1. The van der Waals surface area contributed by atoms with Gasteiger partial charge in [0.05, 0.1) is 5.03 Å². The van der Waals surface area contributed by atoms with Crippen LogP contribution >= 0.6 is 35.8 Å². The number of likely N-dealkylation sites (tertiary alicyclic amines) is 1. The van der Waals surface area contributed by atoms with Gasteiger partial charge in [0.1, 0.15) is 11.0 Å². The fraction of sp³-hybridized carbons (Fsp3) is 0.389. The second-order valence-corrected chi connectivity index (χ2v) is 7.54. The van der Waals surface area contributed by atoms with Gasteiger partial charge in [0.25, 0.3) is 0 Å². The van der Waals surface area contributed by atoms with Gasteiger partial charge in [-0.25, -0.2) is 9.37 Å². The maximum atomic E-state index is 12.9. The molecule has 3 rings (SSSR count). The molecule has 1 aromatic carbocycles. The van der Waals surface area contributed by atoms with Crippen molar-refractivity contribution in [1.82, 2.24) is 9.88 Å². The highest BCUT2D eigenvalue weighted by atomic mass is 35.5. The van der Waals surface area contributed by atoms with Gasteiger partial charge in [-0.1, -0.05) is 29.8 Å². The molecule has 2 heterocycles. The normalized spacial score (nSPS) is 15.9. The molecule has 0 spiro atoms. The van der Waals surface area contributed by atoms with Crippen molar-refractivity contribution in [2.24, 2.45) is 0 Å². The fourth-order valence-electron chi connectivity index (χ4n) is 2.82. The van der Waals surface area contributed by atoms with Crippen molar-refractivity contribution in [2.75, 3.05) is 19.6 Å². The lowest BCUT2D eigenvalue weighted by Gasteiger charge is -2.31. The minimum atomic E-state index is -0.166. The summed E-state index contributed by atoms with van der Waals surface area (Å²) in [4.78, 5) is 6.85. The number of halogens is 3. The molecule has 1 aliphatic heterocycles. The molecule has 130 valence electrons. The first-order chi connectivity index (χ1) is 11.2. The van der Waals surface area contributed by atoms with Gasteiger partial charge in [0.15, 0.2) is 0 Å². The number of rotatable bonds is 5. The molecule has 1 aromatic heterocycles. The smallest absolute Gasteiger partial charge is 0.130 e. The Morgan fingerprint density at radius 2 is 1.83 bits per heavy atom.